The summed E-state index contributed by atoms with van der Waals surface area (Å²) in [5.74, 6) is 0.466. The molecule has 5 nitrogen and oxygen atoms in total. The Labute approximate surface area is 101 Å². The molecule has 1 heterocycles. The van der Waals surface area contributed by atoms with Crippen molar-refractivity contribution in [1.29, 1.82) is 0 Å². The molecule has 1 aliphatic carbocycles. The first-order valence-electron chi connectivity index (χ1n) is 6.40. The number of ketones is 1. The number of aliphatic hydroxyl groups is 1. The lowest BCUT2D eigenvalue weighted by Gasteiger charge is -2.17. The Balaban J connectivity index is 1.66. The van der Waals surface area contributed by atoms with Crippen LogP contribution in [-0.4, -0.2) is 35.6 Å². The van der Waals surface area contributed by atoms with Crippen LogP contribution in [0, 0.1) is 5.92 Å². The van der Waals surface area contributed by atoms with Crippen LogP contribution in [0.25, 0.3) is 0 Å². The number of fused-ring (bicyclic) bond motifs is 1. The number of Topliss-reactive ketones (excluding diaryl/α,β-unsaturated/α-hetero) is 1. The van der Waals surface area contributed by atoms with Gasteiger partial charge in [0.1, 0.15) is 6.61 Å². The lowest BCUT2D eigenvalue weighted by molar-refractivity contribution is -0.121. The topological polar surface area (TPSA) is 78.4 Å². The Morgan fingerprint density at radius 2 is 2.12 bits per heavy atom. The van der Waals surface area contributed by atoms with Crippen molar-refractivity contribution in [3.05, 3.63) is 0 Å². The molecule has 0 radical (unpaired) electrons. The van der Waals surface area contributed by atoms with Crippen LogP contribution in [0.15, 0.2) is 0 Å². The van der Waals surface area contributed by atoms with Gasteiger partial charge in [0, 0.05) is 6.42 Å². The number of hydrogen-bond donors (Lipinski definition) is 3. The Morgan fingerprint density at radius 3 is 2.88 bits per heavy atom. The van der Waals surface area contributed by atoms with Crippen molar-refractivity contribution in [3.8, 4) is 0 Å². The van der Waals surface area contributed by atoms with Gasteiger partial charge < -0.3 is 15.7 Å². The zero-order valence-corrected chi connectivity index (χ0v) is 9.95. The molecule has 0 aromatic rings. The molecule has 5 heteroatoms. The molecule has 2 fully saturated rings. The standard InChI is InChI=1S/C12H20N2O3/c15-7-9(16)4-2-1-3-8-5-6-10-11(8)14-12(17)13-10/h8,10-11,15H,1-7H2,(H2,13,14,17). The van der Waals surface area contributed by atoms with Gasteiger partial charge in [0.2, 0.25) is 0 Å². The molecule has 1 saturated heterocycles. The zero-order valence-electron chi connectivity index (χ0n) is 9.95. The number of aliphatic hydroxyl groups excluding tert-OH is 1. The lowest BCUT2D eigenvalue weighted by Crippen LogP contribution is -2.33. The highest BCUT2D eigenvalue weighted by Crippen LogP contribution is 2.32. The molecule has 2 amide bonds. The summed E-state index contributed by atoms with van der Waals surface area (Å²) in [5.41, 5.74) is 0. The molecule has 1 saturated carbocycles. The van der Waals surface area contributed by atoms with Crippen molar-refractivity contribution in [2.24, 2.45) is 5.92 Å². The molecule has 3 atom stereocenters. The van der Waals surface area contributed by atoms with Crippen molar-refractivity contribution in [1.82, 2.24) is 10.6 Å². The van der Waals surface area contributed by atoms with E-state index in [0.717, 1.165) is 32.1 Å². The second-order valence-electron chi connectivity index (χ2n) is 5.03. The largest absolute Gasteiger partial charge is 0.389 e. The Morgan fingerprint density at radius 1 is 1.29 bits per heavy atom. The minimum atomic E-state index is -0.339. The molecule has 0 aromatic heterocycles. The normalized spacial score (nSPS) is 30.9. The van der Waals surface area contributed by atoms with Crippen LogP contribution in [0.3, 0.4) is 0 Å². The van der Waals surface area contributed by atoms with E-state index in [0.29, 0.717) is 18.4 Å². The van der Waals surface area contributed by atoms with E-state index in [1.165, 1.54) is 0 Å². The summed E-state index contributed by atoms with van der Waals surface area (Å²) in [6.07, 6.45) is 5.58. The summed E-state index contributed by atoms with van der Waals surface area (Å²) in [7, 11) is 0. The number of unbranched alkanes of at least 4 members (excludes halogenated alkanes) is 1. The Hall–Kier alpha value is -1.10. The van der Waals surface area contributed by atoms with E-state index in [2.05, 4.69) is 10.6 Å². The summed E-state index contributed by atoms with van der Waals surface area (Å²) < 4.78 is 0. The minimum Gasteiger partial charge on any atom is -0.389 e. The van der Waals surface area contributed by atoms with Gasteiger partial charge in [-0.25, -0.2) is 4.79 Å². The molecule has 3 unspecified atom stereocenters. The van der Waals surface area contributed by atoms with Crippen molar-refractivity contribution in [3.63, 3.8) is 0 Å². The zero-order chi connectivity index (χ0) is 12.3. The molecule has 96 valence electrons. The summed E-state index contributed by atoms with van der Waals surface area (Å²) in [4.78, 5) is 22.1. The monoisotopic (exact) mass is 240 g/mol. The molecular formula is C12H20N2O3. The van der Waals surface area contributed by atoms with Crippen molar-refractivity contribution < 1.29 is 14.7 Å². The number of hydrogen-bond acceptors (Lipinski definition) is 3. The van der Waals surface area contributed by atoms with Gasteiger partial charge in [-0.05, 0) is 31.6 Å². The van der Waals surface area contributed by atoms with E-state index < -0.39 is 0 Å². The van der Waals surface area contributed by atoms with E-state index in [9.17, 15) is 9.59 Å². The number of rotatable bonds is 6. The molecule has 2 aliphatic rings. The molecule has 2 rings (SSSR count). The van der Waals surface area contributed by atoms with E-state index in [1.807, 2.05) is 0 Å². The van der Waals surface area contributed by atoms with Crippen LogP contribution in [0.1, 0.15) is 38.5 Å². The summed E-state index contributed by atoms with van der Waals surface area (Å²) in [5, 5.41) is 14.5. The fourth-order valence-electron chi connectivity index (χ4n) is 2.95. The smallest absolute Gasteiger partial charge is 0.315 e. The highest BCUT2D eigenvalue weighted by molar-refractivity contribution is 5.79. The van der Waals surface area contributed by atoms with Gasteiger partial charge in [0.25, 0.3) is 0 Å². The fourth-order valence-corrected chi connectivity index (χ4v) is 2.95. The third kappa shape index (κ3) is 2.97. The van der Waals surface area contributed by atoms with Gasteiger partial charge in [-0.1, -0.05) is 6.42 Å². The highest BCUT2D eigenvalue weighted by atomic mass is 16.3. The Kier molecular flexibility index (Phi) is 3.99. The summed E-state index contributed by atoms with van der Waals surface area (Å²) in [6.45, 7) is -0.339. The van der Waals surface area contributed by atoms with Crippen molar-refractivity contribution in [2.45, 2.75) is 50.6 Å². The number of carbonyl (C=O) groups excluding carboxylic acids is 2. The number of urea groups is 1. The predicted molar refractivity (Wildman–Crippen MR) is 62.5 cm³/mol. The van der Waals surface area contributed by atoms with Crippen molar-refractivity contribution in [2.75, 3.05) is 6.61 Å². The first-order chi connectivity index (χ1) is 8.20. The van der Waals surface area contributed by atoms with Gasteiger partial charge >= 0.3 is 6.03 Å². The van der Waals surface area contributed by atoms with Gasteiger partial charge in [-0.15, -0.1) is 0 Å². The van der Waals surface area contributed by atoms with Crippen LogP contribution in [0.2, 0.25) is 0 Å². The summed E-state index contributed by atoms with van der Waals surface area (Å²) >= 11 is 0. The molecule has 0 spiro atoms. The number of carbonyl (C=O) groups is 2. The fraction of sp³-hybridized carbons (Fsp3) is 0.833. The minimum absolute atomic E-state index is 0.0415. The van der Waals surface area contributed by atoms with E-state index in [1.54, 1.807) is 0 Å². The van der Waals surface area contributed by atoms with Crippen molar-refractivity contribution >= 4 is 11.8 Å². The molecule has 1 aliphatic heterocycles. The van der Waals surface area contributed by atoms with Crippen LogP contribution < -0.4 is 10.6 Å². The van der Waals surface area contributed by atoms with Gasteiger partial charge in [-0.3, -0.25) is 4.79 Å². The SMILES string of the molecule is O=C(CO)CCCCC1CCC2NC(=O)NC12. The van der Waals surface area contributed by atoms with Gasteiger partial charge in [0.15, 0.2) is 5.78 Å². The summed E-state index contributed by atoms with van der Waals surface area (Å²) in [6, 6.07) is 0.558. The molecule has 0 bridgehead atoms. The van der Waals surface area contributed by atoms with Crippen LogP contribution in [-0.2, 0) is 4.79 Å². The Bertz CT molecular complexity index is 306. The predicted octanol–water partition coefficient (Wildman–Crippen LogP) is 0.568. The van der Waals surface area contributed by atoms with Gasteiger partial charge in [-0.2, -0.15) is 0 Å². The molecule has 17 heavy (non-hydrogen) atoms. The maximum absolute atomic E-state index is 11.2. The lowest BCUT2D eigenvalue weighted by atomic mass is 9.95. The first kappa shape index (κ1) is 12.4. The average molecular weight is 240 g/mol. The van der Waals surface area contributed by atoms with E-state index >= 15 is 0 Å². The van der Waals surface area contributed by atoms with Crippen LogP contribution in [0.4, 0.5) is 4.79 Å². The van der Waals surface area contributed by atoms with Gasteiger partial charge in [0.05, 0.1) is 12.1 Å². The highest BCUT2D eigenvalue weighted by Gasteiger charge is 2.41. The molecule has 0 aromatic carbocycles. The average Bonchev–Trinajstić information content (AvgIpc) is 2.84. The first-order valence-corrected chi connectivity index (χ1v) is 6.40. The van der Waals surface area contributed by atoms with Crippen LogP contribution in [0.5, 0.6) is 0 Å². The molecule has 3 N–H and O–H groups in total. The maximum Gasteiger partial charge on any atom is 0.315 e. The number of nitrogens with one attached hydrogen (secondary N) is 2. The second-order valence-corrected chi connectivity index (χ2v) is 5.03. The quantitative estimate of drug-likeness (QED) is 0.594. The third-order valence-electron chi connectivity index (χ3n) is 3.86. The maximum atomic E-state index is 11.2. The molecular weight excluding hydrogens is 220 g/mol. The number of amides is 2. The van der Waals surface area contributed by atoms with Crippen LogP contribution >= 0.6 is 0 Å². The van der Waals surface area contributed by atoms with E-state index in [4.69, 9.17) is 5.11 Å². The second kappa shape index (κ2) is 5.49. The third-order valence-corrected chi connectivity index (χ3v) is 3.86. The van der Waals surface area contributed by atoms with E-state index in [-0.39, 0.29) is 24.5 Å².